The van der Waals surface area contributed by atoms with E-state index in [4.69, 9.17) is 9.47 Å². The molecule has 110 valence electrons. The van der Waals surface area contributed by atoms with Gasteiger partial charge in [-0.25, -0.2) is 0 Å². The Hall–Kier alpha value is -2.77. The molecule has 0 N–H and O–H groups in total. The lowest BCUT2D eigenvalue weighted by Crippen LogP contribution is -2.20. The van der Waals surface area contributed by atoms with Gasteiger partial charge in [0.2, 0.25) is 18.9 Å². The Morgan fingerprint density at radius 2 is 2.19 bits per heavy atom. The topological polar surface area (TPSA) is 82.7 Å². The van der Waals surface area contributed by atoms with Crippen LogP contribution in [0.25, 0.3) is 0 Å². The lowest BCUT2D eigenvalue weighted by atomic mass is 10.2. The molecule has 2 aromatic rings. The van der Waals surface area contributed by atoms with Crippen LogP contribution < -0.4 is 14.4 Å². The number of aryl methyl sites for hydroxylation is 1. The summed E-state index contributed by atoms with van der Waals surface area (Å²) in [7, 11) is 3.51. The van der Waals surface area contributed by atoms with Crippen LogP contribution in [-0.4, -0.2) is 28.3 Å². The molecule has 1 aliphatic rings. The molecule has 8 nitrogen and oxygen atoms in total. The van der Waals surface area contributed by atoms with Crippen molar-refractivity contribution in [3.63, 3.8) is 0 Å². The van der Waals surface area contributed by atoms with E-state index >= 15 is 0 Å². The van der Waals surface area contributed by atoms with Crippen molar-refractivity contribution in [3.8, 4) is 11.5 Å². The minimum atomic E-state index is -0.481. The number of hydrogen-bond acceptors (Lipinski definition) is 6. The predicted molar refractivity (Wildman–Crippen MR) is 74.5 cm³/mol. The second-order valence-corrected chi connectivity index (χ2v) is 4.80. The van der Waals surface area contributed by atoms with Gasteiger partial charge >= 0.3 is 5.82 Å². The number of imidazole rings is 1. The van der Waals surface area contributed by atoms with E-state index in [1.807, 2.05) is 18.2 Å². The molecule has 0 saturated heterocycles. The fourth-order valence-corrected chi connectivity index (χ4v) is 2.37. The lowest BCUT2D eigenvalue weighted by molar-refractivity contribution is -0.388. The van der Waals surface area contributed by atoms with Crippen molar-refractivity contribution < 1.29 is 14.4 Å². The van der Waals surface area contributed by atoms with Gasteiger partial charge in [-0.15, -0.1) is 0 Å². The highest BCUT2D eigenvalue weighted by molar-refractivity contribution is 5.55. The molecule has 8 heteroatoms. The summed E-state index contributed by atoms with van der Waals surface area (Å²) in [5, 5.41) is 11.0. The van der Waals surface area contributed by atoms with Gasteiger partial charge in [-0.1, -0.05) is 6.07 Å². The average molecular weight is 290 g/mol. The zero-order valence-corrected chi connectivity index (χ0v) is 11.6. The lowest BCUT2D eigenvalue weighted by Gasteiger charge is -2.18. The van der Waals surface area contributed by atoms with Crippen molar-refractivity contribution in [2.45, 2.75) is 6.54 Å². The fourth-order valence-electron chi connectivity index (χ4n) is 2.37. The van der Waals surface area contributed by atoms with Gasteiger partial charge < -0.3 is 24.5 Å². The third kappa shape index (κ3) is 2.35. The van der Waals surface area contributed by atoms with Gasteiger partial charge in [0, 0.05) is 20.6 Å². The average Bonchev–Trinajstić information content (AvgIpc) is 3.04. The van der Waals surface area contributed by atoms with E-state index in [-0.39, 0.29) is 12.6 Å². The molecular weight excluding hydrogens is 276 g/mol. The zero-order chi connectivity index (χ0) is 15.0. The molecule has 0 amide bonds. The van der Waals surface area contributed by atoms with Crippen LogP contribution in [0.1, 0.15) is 5.56 Å². The van der Waals surface area contributed by atoms with Gasteiger partial charge in [-0.05, 0) is 27.6 Å². The Morgan fingerprint density at radius 1 is 1.43 bits per heavy atom. The molecule has 0 atom stereocenters. The molecule has 1 aromatic heterocycles. The van der Waals surface area contributed by atoms with Gasteiger partial charge in [0.05, 0.1) is 0 Å². The zero-order valence-electron chi connectivity index (χ0n) is 11.6. The van der Waals surface area contributed by atoms with E-state index in [9.17, 15) is 10.1 Å². The first kappa shape index (κ1) is 13.2. The second kappa shape index (κ2) is 4.97. The Balaban J connectivity index is 1.85. The summed E-state index contributed by atoms with van der Waals surface area (Å²) in [6.45, 7) is 0.721. The van der Waals surface area contributed by atoms with Gasteiger partial charge in [-0.3, -0.25) is 4.57 Å². The number of nitro groups is 1. The first-order valence-corrected chi connectivity index (χ1v) is 6.31. The first-order chi connectivity index (χ1) is 10.1. The summed E-state index contributed by atoms with van der Waals surface area (Å²) in [5.41, 5.74) is 0.970. The van der Waals surface area contributed by atoms with Crippen molar-refractivity contribution in [2.75, 3.05) is 18.7 Å². The first-order valence-electron chi connectivity index (χ1n) is 6.31. The summed E-state index contributed by atoms with van der Waals surface area (Å²) in [4.78, 5) is 16.1. The van der Waals surface area contributed by atoms with Gasteiger partial charge in [0.1, 0.15) is 0 Å². The van der Waals surface area contributed by atoms with E-state index in [1.165, 1.54) is 6.33 Å². The highest BCUT2D eigenvalue weighted by Gasteiger charge is 2.24. The number of rotatable bonds is 4. The number of anilines is 1. The molecule has 1 aromatic carbocycles. The van der Waals surface area contributed by atoms with Crippen LogP contribution in [0.3, 0.4) is 0 Å². The number of ether oxygens (including phenoxy) is 2. The predicted octanol–water partition coefficient (Wildman–Crippen LogP) is 1.69. The molecule has 0 bridgehead atoms. The molecule has 0 unspecified atom stereocenters. The number of benzene rings is 1. The van der Waals surface area contributed by atoms with E-state index in [2.05, 4.69) is 4.98 Å². The minimum Gasteiger partial charge on any atom is -0.454 e. The van der Waals surface area contributed by atoms with Gasteiger partial charge in [0.25, 0.3) is 0 Å². The number of nitrogens with zero attached hydrogens (tertiary/aromatic N) is 4. The maximum absolute atomic E-state index is 11.0. The third-order valence-corrected chi connectivity index (χ3v) is 3.28. The summed E-state index contributed by atoms with van der Waals surface area (Å²) in [6, 6.07) is 5.62. The van der Waals surface area contributed by atoms with Crippen molar-refractivity contribution in [2.24, 2.45) is 7.05 Å². The van der Waals surface area contributed by atoms with Crippen LogP contribution >= 0.6 is 0 Å². The normalized spacial score (nSPS) is 12.5. The molecule has 21 heavy (non-hydrogen) atoms. The SMILES string of the molecule is CN(Cc1ccc2c(c1)OCO2)c1c([N+](=O)[O-])ncn1C. The highest BCUT2D eigenvalue weighted by Crippen LogP contribution is 2.33. The Kier molecular flexibility index (Phi) is 3.13. The van der Waals surface area contributed by atoms with Gasteiger partial charge in [-0.2, -0.15) is 0 Å². The molecule has 0 aliphatic carbocycles. The maximum Gasteiger partial charge on any atom is 0.406 e. The van der Waals surface area contributed by atoms with Gasteiger partial charge in [0.15, 0.2) is 11.5 Å². The number of hydrogen-bond donors (Lipinski definition) is 0. The Labute approximate surface area is 120 Å². The van der Waals surface area contributed by atoms with Crippen LogP contribution in [0.15, 0.2) is 24.5 Å². The highest BCUT2D eigenvalue weighted by atomic mass is 16.7. The second-order valence-electron chi connectivity index (χ2n) is 4.80. The van der Waals surface area contributed by atoms with Crippen molar-refractivity contribution in [3.05, 3.63) is 40.2 Å². The Bertz CT molecular complexity index is 697. The number of aromatic nitrogens is 2. The fraction of sp³-hybridized carbons (Fsp3) is 0.308. The Morgan fingerprint density at radius 3 is 2.95 bits per heavy atom. The molecule has 0 radical (unpaired) electrons. The third-order valence-electron chi connectivity index (χ3n) is 3.28. The van der Waals surface area contributed by atoms with Crippen molar-refractivity contribution in [1.29, 1.82) is 0 Å². The summed E-state index contributed by atoms with van der Waals surface area (Å²) in [5.74, 6) is 1.71. The van der Waals surface area contributed by atoms with E-state index in [1.54, 1.807) is 23.6 Å². The van der Waals surface area contributed by atoms with E-state index in [0.717, 1.165) is 5.56 Å². The molecule has 0 spiro atoms. The molecule has 0 saturated carbocycles. The standard InChI is InChI=1S/C13H14N4O4/c1-15(13-12(17(18)19)14-7-16(13)2)6-9-3-4-10-11(5-9)21-8-20-10/h3-5,7H,6,8H2,1-2H3. The molecule has 3 rings (SSSR count). The van der Waals surface area contributed by atoms with Crippen LogP contribution in [0.4, 0.5) is 11.6 Å². The monoisotopic (exact) mass is 290 g/mol. The minimum absolute atomic E-state index is 0.152. The molecule has 0 fully saturated rings. The van der Waals surface area contributed by atoms with E-state index < -0.39 is 4.92 Å². The van der Waals surface area contributed by atoms with Crippen molar-refractivity contribution >= 4 is 11.6 Å². The largest absolute Gasteiger partial charge is 0.454 e. The maximum atomic E-state index is 11.0. The molecular formula is C13H14N4O4. The summed E-state index contributed by atoms with van der Waals surface area (Å²) >= 11 is 0. The smallest absolute Gasteiger partial charge is 0.406 e. The summed E-state index contributed by atoms with van der Waals surface area (Å²) in [6.07, 6.45) is 1.43. The van der Waals surface area contributed by atoms with Crippen LogP contribution in [0, 0.1) is 10.1 Å². The van der Waals surface area contributed by atoms with Crippen molar-refractivity contribution in [1.82, 2.24) is 9.55 Å². The van der Waals surface area contributed by atoms with Crippen LogP contribution in [0.2, 0.25) is 0 Å². The van der Waals surface area contributed by atoms with Crippen LogP contribution in [-0.2, 0) is 13.6 Å². The summed E-state index contributed by atoms with van der Waals surface area (Å²) < 4.78 is 12.2. The van der Waals surface area contributed by atoms with E-state index in [0.29, 0.717) is 23.9 Å². The quantitative estimate of drug-likeness (QED) is 0.629. The number of fused-ring (bicyclic) bond motifs is 1. The van der Waals surface area contributed by atoms with Crippen LogP contribution in [0.5, 0.6) is 11.5 Å². The molecule has 2 heterocycles. The molecule has 1 aliphatic heterocycles.